The molecule has 1 atom stereocenters. The highest BCUT2D eigenvalue weighted by atomic mass is 35.5. The van der Waals surface area contributed by atoms with E-state index in [1.165, 1.54) is 30.3 Å². The molecule has 1 aromatic carbocycles. The third kappa shape index (κ3) is 5.38. The zero-order valence-corrected chi connectivity index (χ0v) is 20.9. The van der Waals surface area contributed by atoms with E-state index in [4.69, 9.17) is 16.3 Å². The second-order valence-electron chi connectivity index (χ2n) is 9.03. The van der Waals surface area contributed by atoms with Crippen molar-refractivity contribution in [3.8, 4) is 11.6 Å². The van der Waals surface area contributed by atoms with E-state index < -0.39 is 26.8 Å². The van der Waals surface area contributed by atoms with E-state index in [-0.39, 0.29) is 27.8 Å². The number of ether oxygens (including phenoxy) is 1. The standard InChI is InChI=1S/C24H24ClFN4O4S/c1-15-13-24(2,3)30(14-15)22-17(6-5-11-27-22)23(31)29-35(32,33)21-8-4-7-20(28-21)34-19-12-16(26)9-10-18(19)25/h4-12,15H,13-14H2,1-3H3,(H,29,31). The van der Waals surface area contributed by atoms with Gasteiger partial charge in [0.15, 0.2) is 10.8 Å². The number of carbonyl (C=O) groups excluding carboxylic acids is 1. The summed E-state index contributed by atoms with van der Waals surface area (Å²) in [6, 6.07) is 10.6. The number of halogens is 2. The van der Waals surface area contributed by atoms with Gasteiger partial charge in [0.1, 0.15) is 11.6 Å². The van der Waals surface area contributed by atoms with Crippen molar-refractivity contribution >= 4 is 33.3 Å². The largest absolute Gasteiger partial charge is 0.437 e. The van der Waals surface area contributed by atoms with Crippen LogP contribution >= 0.6 is 11.6 Å². The Balaban J connectivity index is 1.59. The first-order chi connectivity index (χ1) is 16.5. The lowest BCUT2D eigenvalue weighted by Gasteiger charge is -2.33. The molecule has 1 fully saturated rings. The number of amides is 1. The van der Waals surface area contributed by atoms with Gasteiger partial charge >= 0.3 is 0 Å². The number of carbonyl (C=O) groups is 1. The van der Waals surface area contributed by atoms with Gasteiger partial charge in [-0.25, -0.2) is 14.1 Å². The van der Waals surface area contributed by atoms with Gasteiger partial charge in [-0.2, -0.15) is 13.4 Å². The summed E-state index contributed by atoms with van der Waals surface area (Å²) in [5, 5.41) is -0.325. The Morgan fingerprint density at radius 2 is 2.00 bits per heavy atom. The lowest BCUT2D eigenvalue weighted by molar-refractivity contribution is 0.0981. The normalized spacial score (nSPS) is 17.3. The fourth-order valence-corrected chi connectivity index (χ4v) is 5.33. The van der Waals surface area contributed by atoms with Gasteiger partial charge in [0.25, 0.3) is 15.9 Å². The van der Waals surface area contributed by atoms with Crippen molar-refractivity contribution < 1.29 is 22.3 Å². The fourth-order valence-electron chi connectivity index (χ4n) is 4.25. The van der Waals surface area contributed by atoms with E-state index in [1.54, 1.807) is 12.3 Å². The molecule has 1 aliphatic heterocycles. The Morgan fingerprint density at radius 1 is 1.23 bits per heavy atom. The number of sulfonamides is 1. The quantitative estimate of drug-likeness (QED) is 0.500. The summed E-state index contributed by atoms with van der Waals surface area (Å²) in [4.78, 5) is 23.4. The summed E-state index contributed by atoms with van der Waals surface area (Å²) in [6.45, 7) is 6.93. The molecule has 3 heterocycles. The molecule has 2 aromatic heterocycles. The maximum Gasteiger partial charge on any atom is 0.281 e. The molecule has 0 spiro atoms. The Morgan fingerprint density at radius 3 is 2.71 bits per heavy atom. The van der Waals surface area contributed by atoms with Crippen LogP contribution in [-0.2, 0) is 10.0 Å². The van der Waals surface area contributed by atoms with Crippen LogP contribution < -0.4 is 14.4 Å². The van der Waals surface area contributed by atoms with E-state index in [2.05, 4.69) is 35.5 Å². The number of nitrogens with one attached hydrogen (secondary N) is 1. The van der Waals surface area contributed by atoms with Crippen molar-refractivity contribution in [3.63, 3.8) is 0 Å². The van der Waals surface area contributed by atoms with E-state index in [9.17, 15) is 17.6 Å². The molecule has 0 saturated carbocycles. The van der Waals surface area contributed by atoms with Crippen LogP contribution in [0.5, 0.6) is 11.6 Å². The highest BCUT2D eigenvalue weighted by Crippen LogP contribution is 2.37. The second kappa shape index (κ2) is 9.43. The van der Waals surface area contributed by atoms with Gasteiger partial charge in [-0.3, -0.25) is 4.79 Å². The van der Waals surface area contributed by atoms with Crippen molar-refractivity contribution in [2.75, 3.05) is 11.4 Å². The van der Waals surface area contributed by atoms with Crippen molar-refractivity contribution in [1.29, 1.82) is 0 Å². The average molecular weight is 519 g/mol. The minimum atomic E-state index is -4.36. The van der Waals surface area contributed by atoms with Gasteiger partial charge in [-0.1, -0.05) is 24.6 Å². The van der Waals surface area contributed by atoms with E-state index in [1.807, 2.05) is 4.90 Å². The Hall–Kier alpha value is -3.24. The second-order valence-corrected chi connectivity index (χ2v) is 11.1. The average Bonchev–Trinajstić information content (AvgIpc) is 3.08. The minimum Gasteiger partial charge on any atom is -0.437 e. The third-order valence-electron chi connectivity index (χ3n) is 5.67. The van der Waals surface area contributed by atoms with Crippen molar-refractivity contribution in [1.82, 2.24) is 14.7 Å². The molecule has 1 saturated heterocycles. The molecule has 1 unspecified atom stereocenters. The summed E-state index contributed by atoms with van der Waals surface area (Å²) in [5.41, 5.74) is -0.107. The first-order valence-electron chi connectivity index (χ1n) is 10.9. The summed E-state index contributed by atoms with van der Waals surface area (Å²) >= 11 is 6.01. The number of anilines is 1. The first-order valence-corrected chi connectivity index (χ1v) is 12.7. The van der Waals surface area contributed by atoms with Crippen LogP contribution in [0, 0.1) is 11.7 Å². The number of hydrogen-bond donors (Lipinski definition) is 1. The van der Waals surface area contributed by atoms with Crippen LogP contribution in [0.15, 0.2) is 59.8 Å². The molecule has 184 valence electrons. The first kappa shape index (κ1) is 24.9. The molecule has 0 bridgehead atoms. The molecule has 1 N–H and O–H groups in total. The van der Waals surface area contributed by atoms with Crippen molar-refractivity contribution in [3.05, 3.63) is 71.1 Å². The SMILES string of the molecule is CC1CN(c2ncccc2C(=O)NS(=O)(=O)c2cccc(Oc3cc(F)ccc3Cl)n2)C(C)(C)C1. The zero-order valence-electron chi connectivity index (χ0n) is 19.3. The minimum absolute atomic E-state index is 0.0276. The molecule has 1 amide bonds. The topological polar surface area (TPSA) is 101 Å². The smallest absolute Gasteiger partial charge is 0.281 e. The van der Waals surface area contributed by atoms with Crippen LogP contribution in [0.3, 0.4) is 0 Å². The number of rotatable bonds is 6. The van der Waals surface area contributed by atoms with E-state index >= 15 is 0 Å². The summed E-state index contributed by atoms with van der Waals surface area (Å²) in [6.07, 6.45) is 2.48. The van der Waals surface area contributed by atoms with Crippen molar-refractivity contribution in [2.45, 2.75) is 37.8 Å². The molecular weight excluding hydrogens is 495 g/mol. The predicted molar refractivity (Wildman–Crippen MR) is 130 cm³/mol. The highest BCUT2D eigenvalue weighted by molar-refractivity contribution is 7.90. The van der Waals surface area contributed by atoms with Gasteiger partial charge in [0.05, 0.1) is 10.6 Å². The molecule has 11 heteroatoms. The molecule has 8 nitrogen and oxygen atoms in total. The molecule has 4 rings (SSSR count). The fraction of sp³-hybridized carbons (Fsp3) is 0.292. The van der Waals surface area contributed by atoms with Crippen LogP contribution in [-0.4, -0.2) is 36.4 Å². The van der Waals surface area contributed by atoms with E-state index in [0.29, 0.717) is 18.3 Å². The lowest BCUT2D eigenvalue weighted by Crippen LogP contribution is -2.41. The van der Waals surface area contributed by atoms with Gasteiger partial charge in [-0.15, -0.1) is 0 Å². The number of benzene rings is 1. The monoisotopic (exact) mass is 518 g/mol. The molecular formula is C24H24ClFN4O4S. The van der Waals surface area contributed by atoms with E-state index in [0.717, 1.165) is 18.6 Å². The summed E-state index contributed by atoms with van der Waals surface area (Å²) in [5.74, 6) is -0.763. The zero-order chi connectivity index (χ0) is 25.4. The van der Waals surface area contributed by atoms with Crippen LogP contribution in [0.2, 0.25) is 5.02 Å². The molecule has 3 aromatic rings. The Bertz CT molecular complexity index is 1380. The van der Waals surface area contributed by atoms with Gasteiger partial charge in [0.2, 0.25) is 5.88 Å². The lowest BCUT2D eigenvalue weighted by atomic mass is 9.97. The summed E-state index contributed by atoms with van der Waals surface area (Å²) in [7, 11) is -4.36. The molecule has 0 radical (unpaired) electrons. The molecule has 0 aliphatic carbocycles. The van der Waals surface area contributed by atoms with Gasteiger partial charge in [-0.05, 0) is 56.5 Å². The molecule has 35 heavy (non-hydrogen) atoms. The maximum absolute atomic E-state index is 13.5. The number of hydrogen-bond acceptors (Lipinski definition) is 7. The summed E-state index contributed by atoms with van der Waals surface area (Å²) < 4.78 is 47.0. The molecule has 1 aliphatic rings. The van der Waals surface area contributed by atoms with Gasteiger partial charge in [0, 0.05) is 30.4 Å². The van der Waals surface area contributed by atoms with Crippen LogP contribution in [0.1, 0.15) is 37.6 Å². The Labute approximate surface area is 208 Å². The number of aromatic nitrogens is 2. The van der Waals surface area contributed by atoms with Crippen LogP contribution in [0.25, 0.3) is 0 Å². The Kier molecular flexibility index (Phi) is 6.70. The predicted octanol–water partition coefficient (Wildman–Crippen LogP) is 4.80. The van der Waals surface area contributed by atoms with Crippen molar-refractivity contribution in [2.24, 2.45) is 5.92 Å². The third-order valence-corrected chi connectivity index (χ3v) is 7.21. The maximum atomic E-state index is 13.5. The van der Waals surface area contributed by atoms with Crippen LogP contribution in [0.4, 0.5) is 10.2 Å². The number of nitrogens with zero attached hydrogens (tertiary/aromatic N) is 3. The van der Waals surface area contributed by atoms with Gasteiger partial charge < -0.3 is 9.64 Å². The highest BCUT2D eigenvalue weighted by Gasteiger charge is 2.39. The number of pyridine rings is 2.